The van der Waals surface area contributed by atoms with Gasteiger partial charge < -0.3 is 5.32 Å². The van der Waals surface area contributed by atoms with Gasteiger partial charge >= 0.3 is 0 Å². The molecule has 0 bridgehead atoms. The minimum absolute atomic E-state index is 0.0376. The molecule has 1 amide bonds. The molecule has 24 heavy (non-hydrogen) atoms. The highest BCUT2D eigenvalue weighted by Crippen LogP contribution is 2.28. The highest BCUT2D eigenvalue weighted by Gasteiger charge is 2.12. The Balaban J connectivity index is 2.10. The smallest absolute Gasteiger partial charge is 0.221 e. The second kappa shape index (κ2) is 8.30. The topological polar surface area (TPSA) is 46.2 Å². The average Bonchev–Trinajstić information content (AvgIpc) is 2.53. The van der Waals surface area contributed by atoms with Crippen LogP contribution in [0.2, 0.25) is 0 Å². The summed E-state index contributed by atoms with van der Waals surface area (Å²) >= 11 is 2.43. The van der Waals surface area contributed by atoms with Crippen molar-refractivity contribution in [3.63, 3.8) is 0 Å². The Morgan fingerprint density at radius 1 is 1.08 bits per heavy atom. The molecule has 0 spiro atoms. The maximum Gasteiger partial charge on any atom is 0.221 e. The van der Waals surface area contributed by atoms with E-state index in [1.54, 1.807) is 18.2 Å². The van der Waals surface area contributed by atoms with Crippen LogP contribution in [-0.4, -0.2) is 23.7 Å². The Kier molecular flexibility index (Phi) is 6.39. The second-order valence-corrected chi connectivity index (χ2v) is 6.75. The number of rotatable bonds is 6. The van der Waals surface area contributed by atoms with Gasteiger partial charge in [-0.25, -0.2) is 8.78 Å². The summed E-state index contributed by atoms with van der Waals surface area (Å²) in [4.78, 5) is 24.4. The van der Waals surface area contributed by atoms with E-state index in [0.717, 1.165) is 28.8 Å². The van der Waals surface area contributed by atoms with Gasteiger partial charge in [-0.1, -0.05) is 0 Å². The molecule has 0 atom stereocenters. The van der Waals surface area contributed by atoms with Gasteiger partial charge in [0, 0.05) is 28.3 Å². The third-order valence-electron chi connectivity index (χ3n) is 3.09. The maximum atomic E-state index is 13.6. The Morgan fingerprint density at radius 3 is 2.46 bits per heavy atom. The first-order valence-electron chi connectivity index (χ1n) is 6.97. The summed E-state index contributed by atoms with van der Waals surface area (Å²) in [7, 11) is 0. The first-order valence-corrected chi connectivity index (χ1v) is 9.18. The van der Waals surface area contributed by atoms with E-state index in [2.05, 4.69) is 5.32 Å². The number of thioether (sulfide) groups is 2. The van der Waals surface area contributed by atoms with Crippen molar-refractivity contribution in [1.82, 2.24) is 0 Å². The van der Waals surface area contributed by atoms with Gasteiger partial charge in [0.1, 0.15) is 11.6 Å². The van der Waals surface area contributed by atoms with Crippen LogP contribution < -0.4 is 5.32 Å². The third-order valence-corrected chi connectivity index (χ3v) is 4.91. The van der Waals surface area contributed by atoms with Crippen LogP contribution in [0.4, 0.5) is 14.5 Å². The molecule has 3 nitrogen and oxygen atoms in total. The number of hydrogen-bond donors (Lipinski definition) is 1. The number of ketones is 1. The lowest BCUT2D eigenvalue weighted by Gasteiger charge is -2.10. The standard InChI is InChI=1S/C17H15F2NO2S2/c1-10(21)20-14-5-3-11(7-17(14)23-2)15(22)9-24-16-6-4-12(18)8-13(16)19/h3-8H,9H2,1-2H3,(H,20,21). The molecule has 2 rings (SSSR count). The van der Waals surface area contributed by atoms with Crippen LogP contribution in [0.15, 0.2) is 46.2 Å². The van der Waals surface area contributed by atoms with Crippen molar-refractivity contribution in [2.75, 3.05) is 17.3 Å². The number of hydrogen-bond acceptors (Lipinski definition) is 4. The average molecular weight is 367 g/mol. The van der Waals surface area contributed by atoms with E-state index in [1.807, 2.05) is 6.26 Å². The number of amides is 1. The summed E-state index contributed by atoms with van der Waals surface area (Å²) in [5.41, 5.74) is 1.12. The molecular formula is C17H15F2NO2S2. The monoisotopic (exact) mass is 367 g/mol. The third kappa shape index (κ3) is 4.82. The van der Waals surface area contributed by atoms with Crippen LogP contribution >= 0.6 is 23.5 Å². The summed E-state index contributed by atoms with van der Waals surface area (Å²) in [6.07, 6.45) is 1.84. The predicted molar refractivity (Wildman–Crippen MR) is 93.9 cm³/mol. The summed E-state index contributed by atoms with van der Waals surface area (Å²) in [6.45, 7) is 1.41. The van der Waals surface area contributed by atoms with Gasteiger partial charge in [-0.15, -0.1) is 23.5 Å². The molecule has 0 saturated heterocycles. The number of benzene rings is 2. The van der Waals surface area contributed by atoms with Gasteiger partial charge in [0.05, 0.1) is 11.4 Å². The van der Waals surface area contributed by atoms with Crippen LogP contribution in [0.25, 0.3) is 0 Å². The molecule has 2 aromatic carbocycles. The number of anilines is 1. The lowest BCUT2D eigenvalue weighted by molar-refractivity contribution is -0.114. The van der Waals surface area contributed by atoms with Gasteiger partial charge in [0.25, 0.3) is 0 Å². The van der Waals surface area contributed by atoms with Crippen molar-refractivity contribution < 1.29 is 18.4 Å². The molecule has 0 aliphatic heterocycles. The number of carbonyl (C=O) groups is 2. The molecule has 0 unspecified atom stereocenters. The maximum absolute atomic E-state index is 13.6. The van der Waals surface area contributed by atoms with Crippen LogP contribution in [-0.2, 0) is 4.79 Å². The van der Waals surface area contributed by atoms with Gasteiger partial charge in [-0.3, -0.25) is 9.59 Å². The molecule has 0 heterocycles. The minimum Gasteiger partial charge on any atom is -0.325 e. The normalized spacial score (nSPS) is 10.5. The van der Waals surface area contributed by atoms with Gasteiger partial charge in [0.2, 0.25) is 5.91 Å². The van der Waals surface area contributed by atoms with Crippen LogP contribution in [0.1, 0.15) is 17.3 Å². The van der Waals surface area contributed by atoms with Crippen molar-refractivity contribution in [2.45, 2.75) is 16.7 Å². The molecule has 2 aromatic rings. The Hall–Kier alpha value is -1.86. The fraction of sp³-hybridized carbons (Fsp3) is 0.176. The Bertz CT molecular complexity index is 781. The quantitative estimate of drug-likeness (QED) is 0.598. The molecule has 0 aromatic heterocycles. The number of nitrogens with one attached hydrogen (secondary N) is 1. The molecule has 126 valence electrons. The van der Waals surface area contributed by atoms with E-state index < -0.39 is 11.6 Å². The Morgan fingerprint density at radius 2 is 1.83 bits per heavy atom. The molecule has 0 radical (unpaired) electrons. The molecule has 0 aliphatic carbocycles. The fourth-order valence-electron chi connectivity index (χ4n) is 1.98. The van der Waals surface area contributed by atoms with Crippen molar-refractivity contribution in [2.24, 2.45) is 0 Å². The Labute approximate surface area is 147 Å². The first kappa shape index (κ1) is 18.5. The molecule has 0 aliphatic rings. The lowest BCUT2D eigenvalue weighted by Crippen LogP contribution is -2.08. The van der Waals surface area contributed by atoms with Gasteiger partial charge in [-0.05, 0) is 36.6 Å². The van der Waals surface area contributed by atoms with Crippen molar-refractivity contribution in [3.8, 4) is 0 Å². The van der Waals surface area contributed by atoms with Crippen LogP contribution in [0.5, 0.6) is 0 Å². The highest BCUT2D eigenvalue weighted by atomic mass is 32.2. The van der Waals surface area contributed by atoms with Crippen LogP contribution in [0, 0.1) is 11.6 Å². The van der Waals surface area contributed by atoms with Crippen molar-refractivity contribution >= 4 is 40.9 Å². The SMILES string of the molecule is CSc1cc(C(=O)CSc2ccc(F)cc2F)ccc1NC(C)=O. The second-order valence-electron chi connectivity index (χ2n) is 4.88. The first-order chi connectivity index (χ1) is 11.4. The number of carbonyl (C=O) groups excluding carboxylic acids is 2. The largest absolute Gasteiger partial charge is 0.325 e. The van der Waals surface area contributed by atoms with Crippen molar-refractivity contribution in [3.05, 3.63) is 53.6 Å². The fourth-order valence-corrected chi connectivity index (χ4v) is 3.37. The summed E-state index contributed by atoms with van der Waals surface area (Å²) in [5.74, 6) is -1.66. The van der Waals surface area contributed by atoms with Gasteiger partial charge in [0.15, 0.2) is 5.78 Å². The molecular weight excluding hydrogens is 352 g/mol. The molecule has 0 fully saturated rings. The number of Topliss-reactive ketones (excluding diaryl/α,β-unsaturated/α-hetero) is 1. The summed E-state index contributed by atoms with van der Waals surface area (Å²) in [6, 6.07) is 8.25. The van der Waals surface area contributed by atoms with E-state index in [-0.39, 0.29) is 22.3 Å². The zero-order valence-corrected chi connectivity index (χ0v) is 14.7. The van der Waals surface area contributed by atoms with Gasteiger partial charge in [-0.2, -0.15) is 0 Å². The predicted octanol–water partition coefficient (Wildman–Crippen LogP) is 4.62. The van der Waals surface area contributed by atoms with E-state index in [0.29, 0.717) is 11.3 Å². The zero-order chi connectivity index (χ0) is 17.7. The zero-order valence-electron chi connectivity index (χ0n) is 13.1. The summed E-state index contributed by atoms with van der Waals surface area (Å²) in [5, 5.41) is 2.70. The molecule has 1 N–H and O–H groups in total. The van der Waals surface area contributed by atoms with E-state index >= 15 is 0 Å². The van der Waals surface area contributed by atoms with E-state index in [9.17, 15) is 18.4 Å². The summed E-state index contributed by atoms with van der Waals surface area (Å²) < 4.78 is 26.5. The highest BCUT2D eigenvalue weighted by molar-refractivity contribution is 8.00. The number of halogens is 2. The molecule has 7 heteroatoms. The van der Waals surface area contributed by atoms with Crippen molar-refractivity contribution in [1.29, 1.82) is 0 Å². The van der Waals surface area contributed by atoms with E-state index in [4.69, 9.17) is 0 Å². The van der Waals surface area contributed by atoms with E-state index in [1.165, 1.54) is 24.8 Å². The van der Waals surface area contributed by atoms with Crippen LogP contribution in [0.3, 0.4) is 0 Å². The lowest BCUT2D eigenvalue weighted by atomic mass is 10.1. The minimum atomic E-state index is -0.682. The molecule has 0 saturated carbocycles.